The lowest BCUT2D eigenvalue weighted by atomic mass is 10.1. The summed E-state index contributed by atoms with van der Waals surface area (Å²) in [6.45, 7) is 1.83. The number of unbranched alkanes of at least 4 members (excludes halogenated alkanes) is 1. The molecule has 0 bridgehead atoms. The minimum Gasteiger partial charge on any atom is -0.480 e. The van der Waals surface area contributed by atoms with Crippen LogP contribution in [0.3, 0.4) is 0 Å². The number of sulfonamides is 1. The number of sulfone groups is 1. The Labute approximate surface area is 134 Å². The molecule has 10 heteroatoms. The maximum Gasteiger partial charge on any atom is 0.321 e. The van der Waals surface area contributed by atoms with E-state index in [-0.39, 0.29) is 6.42 Å². The molecule has 0 unspecified atom stereocenters. The van der Waals surface area contributed by atoms with Crippen molar-refractivity contribution in [3.05, 3.63) is 24.0 Å². The fourth-order valence-corrected chi connectivity index (χ4v) is 3.81. The van der Waals surface area contributed by atoms with Gasteiger partial charge in [0, 0.05) is 6.26 Å². The third kappa shape index (κ3) is 5.26. The first-order valence-corrected chi connectivity index (χ1v) is 10.1. The van der Waals surface area contributed by atoms with Crippen molar-refractivity contribution in [2.75, 3.05) is 6.26 Å². The summed E-state index contributed by atoms with van der Waals surface area (Å²) in [6, 6.07) is 0.969. The predicted octanol–water partition coefficient (Wildman–Crippen LogP) is 1.15. The standard InChI is InChI=1S/C13H18FNO6S2/c1-3-4-5-11(13(16)17)15-23(20,21)9-6-7-12(10(14)8-9)22(2,18)19/h6-8,11,15H,3-5H2,1-2H3,(H,16,17)/t11-/m0/s1. The first-order chi connectivity index (χ1) is 10.5. The quantitative estimate of drug-likeness (QED) is 0.712. The van der Waals surface area contributed by atoms with E-state index in [1.807, 2.05) is 11.6 Å². The molecule has 0 aliphatic carbocycles. The van der Waals surface area contributed by atoms with Crippen LogP contribution in [0.2, 0.25) is 0 Å². The van der Waals surface area contributed by atoms with Gasteiger partial charge in [-0.15, -0.1) is 0 Å². The summed E-state index contributed by atoms with van der Waals surface area (Å²) in [5, 5.41) is 9.04. The van der Waals surface area contributed by atoms with Crippen molar-refractivity contribution in [1.82, 2.24) is 4.72 Å². The molecule has 1 aromatic rings. The number of carboxylic acids is 1. The van der Waals surface area contributed by atoms with Crippen LogP contribution in [0.15, 0.2) is 28.0 Å². The second-order valence-corrected chi connectivity index (χ2v) is 8.72. The van der Waals surface area contributed by atoms with Crippen LogP contribution in [0.5, 0.6) is 0 Å². The third-order valence-electron chi connectivity index (χ3n) is 3.05. The van der Waals surface area contributed by atoms with Gasteiger partial charge in [0.25, 0.3) is 0 Å². The molecule has 0 fully saturated rings. The number of halogens is 1. The van der Waals surface area contributed by atoms with Gasteiger partial charge in [-0.3, -0.25) is 4.79 Å². The molecule has 2 N–H and O–H groups in total. The highest BCUT2D eigenvalue weighted by Gasteiger charge is 2.26. The second kappa shape index (κ2) is 7.37. The second-order valence-electron chi connectivity index (χ2n) is 5.02. The first-order valence-electron chi connectivity index (χ1n) is 6.73. The van der Waals surface area contributed by atoms with E-state index in [4.69, 9.17) is 5.11 Å². The van der Waals surface area contributed by atoms with Crippen LogP contribution < -0.4 is 4.72 Å². The molecule has 1 aromatic carbocycles. The molecule has 0 aromatic heterocycles. The summed E-state index contributed by atoms with van der Waals surface area (Å²) >= 11 is 0. The minimum absolute atomic E-state index is 0.0922. The van der Waals surface area contributed by atoms with Crippen molar-refractivity contribution >= 4 is 25.8 Å². The monoisotopic (exact) mass is 367 g/mol. The van der Waals surface area contributed by atoms with E-state index in [9.17, 15) is 26.0 Å². The number of carboxylic acid groups (broad SMARTS) is 1. The Kier molecular flexibility index (Phi) is 6.25. The lowest BCUT2D eigenvalue weighted by molar-refractivity contribution is -0.139. The zero-order chi connectivity index (χ0) is 17.8. The lowest BCUT2D eigenvalue weighted by Gasteiger charge is -2.14. The van der Waals surface area contributed by atoms with Gasteiger partial charge in [-0.2, -0.15) is 4.72 Å². The van der Waals surface area contributed by atoms with E-state index in [2.05, 4.69) is 0 Å². The highest BCUT2D eigenvalue weighted by Crippen LogP contribution is 2.19. The van der Waals surface area contributed by atoms with Crippen LogP contribution in [-0.4, -0.2) is 40.2 Å². The van der Waals surface area contributed by atoms with Gasteiger partial charge in [-0.05, 0) is 24.6 Å². The van der Waals surface area contributed by atoms with Gasteiger partial charge >= 0.3 is 5.97 Å². The minimum atomic E-state index is -4.29. The summed E-state index contributed by atoms with van der Waals surface area (Å²) in [5.41, 5.74) is 0. The average molecular weight is 367 g/mol. The van der Waals surface area contributed by atoms with E-state index >= 15 is 0 Å². The van der Waals surface area contributed by atoms with Gasteiger partial charge in [0.15, 0.2) is 9.84 Å². The van der Waals surface area contributed by atoms with Crippen LogP contribution in [-0.2, 0) is 24.7 Å². The van der Waals surface area contributed by atoms with E-state index < -0.39 is 47.5 Å². The fourth-order valence-electron chi connectivity index (χ4n) is 1.85. The molecule has 0 amide bonds. The van der Waals surface area contributed by atoms with Gasteiger partial charge in [-0.1, -0.05) is 19.8 Å². The van der Waals surface area contributed by atoms with Crippen LogP contribution in [0.25, 0.3) is 0 Å². The van der Waals surface area contributed by atoms with Crippen molar-refractivity contribution in [2.45, 2.75) is 42.0 Å². The molecular weight excluding hydrogens is 349 g/mol. The van der Waals surface area contributed by atoms with Crippen molar-refractivity contribution in [3.8, 4) is 0 Å². The molecule has 7 nitrogen and oxygen atoms in total. The van der Waals surface area contributed by atoms with Crippen molar-refractivity contribution < 1.29 is 31.1 Å². The molecule has 0 radical (unpaired) electrons. The SMILES string of the molecule is CCCC[C@H](NS(=O)(=O)c1ccc(S(C)(=O)=O)c(F)c1)C(=O)O. The molecule has 0 heterocycles. The molecule has 0 saturated carbocycles. The van der Waals surface area contributed by atoms with Crippen LogP contribution in [0, 0.1) is 5.82 Å². The number of benzene rings is 1. The molecule has 1 atom stereocenters. The Morgan fingerprint density at radius 1 is 1.30 bits per heavy atom. The normalized spacial score (nSPS) is 13.7. The highest BCUT2D eigenvalue weighted by atomic mass is 32.2. The zero-order valence-electron chi connectivity index (χ0n) is 12.6. The summed E-state index contributed by atoms with van der Waals surface area (Å²) in [4.78, 5) is 9.92. The topological polar surface area (TPSA) is 118 Å². The number of hydrogen-bond donors (Lipinski definition) is 2. The number of carbonyl (C=O) groups is 1. The first kappa shape index (κ1) is 19.5. The molecular formula is C13H18FNO6S2. The maximum atomic E-state index is 13.8. The summed E-state index contributed by atoms with van der Waals surface area (Å²) in [5.74, 6) is -2.55. The smallest absolute Gasteiger partial charge is 0.321 e. The molecule has 0 aliphatic rings. The Hall–Kier alpha value is -1.52. The summed E-state index contributed by atoms with van der Waals surface area (Å²) in [7, 11) is -8.11. The van der Waals surface area contributed by atoms with E-state index in [1.54, 1.807) is 0 Å². The third-order valence-corrected chi connectivity index (χ3v) is 5.65. The zero-order valence-corrected chi connectivity index (χ0v) is 14.2. The van der Waals surface area contributed by atoms with E-state index in [0.29, 0.717) is 18.9 Å². The Morgan fingerprint density at radius 2 is 1.91 bits per heavy atom. The maximum absolute atomic E-state index is 13.8. The summed E-state index contributed by atoms with van der Waals surface area (Å²) in [6.07, 6.45) is 2.07. The number of nitrogens with one attached hydrogen (secondary N) is 1. The van der Waals surface area contributed by atoms with Gasteiger partial charge in [0.05, 0.1) is 4.90 Å². The fraction of sp³-hybridized carbons (Fsp3) is 0.462. The van der Waals surface area contributed by atoms with Gasteiger partial charge < -0.3 is 5.11 Å². The number of rotatable bonds is 8. The lowest BCUT2D eigenvalue weighted by Crippen LogP contribution is -2.40. The van der Waals surface area contributed by atoms with Crippen molar-refractivity contribution in [3.63, 3.8) is 0 Å². The Morgan fingerprint density at radius 3 is 2.35 bits per heavy atom. The predicted molar refractivity (Wildman–Crippen MR) is 80.8 cm³/mol. The van der Waals surface area contributed by atoms with Gasteiger partial charge in [0.2, 0.25) is 10.0 Å². The molecule has 130 valence electrons. The van der Waals surface area contributed by atoms with Crippen molar-refractivity contribution in [1.29, 1.82) is 0 Å². The van der Waals surface area contributed by atoms with Crippen LogP contribution >= 0.6 is 0 Å². The molecule has 1 rings (SSSR count). The molecule has 0 saturated heterocycles. The van der Waals surface area contributed by atoms with Crippen LogP contribution in [0.1, 0.15) is 26.2 Å². The largest absolute Gasteiger partial charge is 0.480 e. The van der Waals surface area contributed by atoms with E-state index in [0.717, 1.165) is 18.4 Å². The molecule has 0 aliphatic heterocycles. The highest BCUT2D eigenvalue weighted by molar-refractivity contribution is 7.90. The Balaban J connectivity index is 3.13. The average Bonchev–Trinajstić information content (AvgIpc) is 2.41. The number of hydrogen-bond acceptors (Lipinski definition) is 5. The van der Waals surface area contributed by atoms with Gasteiger partial charge in [-0.25, -0.2) is 21.2 Å². The van der Waals surface area contributed by atoms with E-state index in [1.165, 1.54) is 0 Å². The summed E-state index contributed by atoms with van der Waals surface area (Å²) < 4.78 is 62.7. The Bertz CT molecular complexity index is 789. The van der Waals surface area contributed by atoms with Crippen molar-refractivity contribution in [2.24, 2.45) is 0 Å². The van der Waals surface area contributed by atoms with Crippen LogP contribution in [0.4, 0.5) is 4.39 Å². The molecule has 23 heavy (non-hydrogen) atoms. The number of aliphatic carboxylic acids is 1. The molecule has 0 spiro atoms. The van der Waals surface area contributed by atoms with Gasteiger partial charge in [0.1, 0.15) is 16.8 Å².